The Labute approximate surface area is 130 Å². The van der Waals surface area contributed by atoms with E-state index in [0.29, 0.717) is 10.8 Å². The van der Waals surface area contributed by atoms with E-state index in [-0.39, 0.29) is 5.25 Å². The van der Waals surface area contributed by atoms with Gasteiger partial charge in [0.05, 0.1) is 0 Å². The lowest BCUT2D eigenvalue weighted by atomic mass is 10.3. The molecule has 20 heavy (non-hydrogen) atoms. The molecule has 7 heteroatoms. The van der Waals surface area contributed by atoms with Crippen LogP contribution in [0.4, 0.5) is 0 Å². The SMILES string of the molecule is CCCNCc1sc(S(=O)(=O)NCC(C)SC)cc1C. The zero-order chi connectivity index (χ0) is 15.2. The Balaban J connectivity index is 2.73. The second-order valence-electron chi connectivity index (χ2n) is 4.75. The molecule has 0 aliphatic carbocycles. The third-order valence-corrected chi connectivity index (χ3v) is 7.04. The fourth-order valence-electron chi connectivity index (χ4n) is 1.56. The average Bonchev–Trinajstić information content (AvgIpc) is 2.79. The first-order valence-electron chi connectivity index (χ1n) is 6.73. The standard InChI is InChI=1S/C13H24N2O2S3/c1-5-6-14-9-12-10(2)7-13(19-12)20(16,17)15-8-11(3)18-4/h7,11,14-15H,5-6,8-9H2,1-4H3. The minimum absolute atomic E-state index is 0.275. The monoisotopic (exact) mass is 336 g/mol. The number of thiophene rings is 1. The number of hydrogen-bond acceptors (Lipinski definition) is 5. The van der Waals surface area contributed by atoms with Gasteiger partial charge in [-0.3, -0.25) is 0 Å². The van der Waals surface area contributed by atoms with Crippen LogP contribution in [0.25, 0.3) is 0 Å². The summed E-state index contributed by atoms with van der Waals surface area (Å²) >= 11 is 3.01. The molecule has 116 valence electrons. The van der Waals surface area contributed by atoms with E-state index in [1.807, 2.05) is 20.1 Å². The number of sulfonamides is 1. The van der Waals surface area contributed by atoms with Gasteiger partial charge in [0.25, 0.3) is 0 Å². The fourth-order valence-corrected chi connectivity index (χ4v) is 4.65. The third kappa shape index (κ3) is 5.37. The van der Waals surface area contributed by atoms with Crippen LogP contribution in [0.15, 0.2) is 10.3 Å². The van der Waals surface area contributed by atoms with Gasteiger partial charge in [-0.1, -0.05) is 13.8 Å². The lowest BCUT2D eigenvalue weighted by Gasteiger charge is -2.09. The van der Waals surface area contributed by atoms with Crippen molar-refractivity contribution in [1.29, 1.82) is 0 Å². The molecule has 0 aliphatic rings. The van der Waals surface area contributed by atoms with Gasteiger partial charge in [-0.15, -0.1) is 11.3 Å². The molecule has 0 aromatic carbocycles. The Bertz CT molecular complexity index is 512. The van der Waals surface area contributed by atoms with Crippen molar-refractivity contribution in [2.45, 2.75) is 43.2 Å². The molecule has 0 amide bonds. The smallest absolute Gasteiger partial charge is 0.250 e. The van der Waals surface area contributed by atoms with Crippen molar-refractivity contribution < 1.29 is 8.42 Å². The molecule has 1 rings (SSSR count). The number of hydrogen-bond donors (Lipinski definition) is 2. The van der Waals surface area contributed by atoms with Gasteiger partial charge in [0.15, 0.2) is 0 Å². The molecule has 0 saturated carbocycles. The zero-order valence-electron chi connectivity index (χ0n) is 12.5. The molecular formula is C13H24N2O2S3. The van der Waals surface area contributed by atoms with Crippen LogP contribution in [0.5, 0.6) is 0 Å². The van der Waals surface area contributed by atoms with E-state index >= 15 is 0 Å². The first-order chi connectivity index (χ1) is 9.40. The maximum absolute atomic E-state index is 12.2. The molecule has 1 atom stereocenters. The predicted molar refractivity (Wildman–Crippen MR) is 89.2 cm³/mol. The quantitative estimate of drug-likeness (QED) is 0.681. The van der Waals surface area contributed by atoms with Crippen LogP contribution in [0, 0.1) is 6.92 Å². The number of nitrogens with one attached hydrogen (secondary N) is 2. The molecule has 1 heterocycles. The molecule has 1 unspecified atom stereocenters. The number of aryl methyl sites for hydroxylation is 1. The first kappa shape index (κ1) is 18.0. The van der Waals surface area contributed by atoms with Crippen molar-refractivity contribution in [1.82, 2.24) is 10.0 Å². The molecule has 0 fully saturated rings. The average molecular weight is 337 g/mol. The van der Waals surface area contributed by atoms with Crippen LogP contribution in [-0.2, 0) is 16.6 Å². The van der Waals surface area contributed by atoms with Gasteiger partial charge in [0.2, 0.25) is 10.0 Å². The Morgan fingerprint density at radius 3 is 2.75 bits per heavy atom. The summed E-state index contributed by atoms with van der Waals surface area (Å²) in [5.41, 5.74) is 1.04. The molecule has 4 nitrogen and oxygen atoms in total. The minimum atomic E-state index is -3.37. The summed E-state index contributed by atoms with van der Waals surface area (Å²) in [6, 6.07) is 1.76. The molecule has 1 aromatic heterocycles. The van der Waals surface area contributed by atoms with Gasteiger partial charge < -0.3 is 5.32 Å². The fraction of sp³-hybridized carbons (Fsp3) is 0.692. The summed E-state index contributed by atoms with van der Waals surface area (Å²) in [7, 11) is -3.37. The topological polar surface area (TPSA) is 58.2 Å². The van der Waals surface area contributed by atoms with E-state index in [9.17, 15) is 8.42 Å². The van der Waals surface area contributed by atoms with Crippen LogP contribution in [0.1, 0.15) is 30.7 Å². The molecule has 1 aromatic rings. The molecule has 0 saturated heterocycles. The summed E-state index contributed by atoms with van der Waals surface area (Å²) in [6.07, 6.45) is 3.05. The highest BCUT2D eigenvalue weighted by Crippen LogP contribution is 2.26. The van der Waals surface area contributed by atoms with Gasteiger partial charge in [-0.05, 0) is 37.8 Å². The highest BCUT2D eigenvalue weighted by atomic mass is 32.2. The Morgan fingerprint density at radius 2 is 2.15 bits per heavy atom. The Morgan fingerprint density at radius 1 is 1.45 bits per heavy atom. The van der Waals surface area contributed by atoms with Gasteiger partial charge in [0.1, 0.15) is 4.21 Å². The zero-order valence-corrected chi connectivity index (χ0v) is 15.0. The van der Waals surface area contributed by atoms with Crippen molar-refractivity contribution in [3.63, 3.8) is 0 Å². The molecule has 0 spiro atoms. The summed E-state index contributed by atoms with van der Waals surface area (Å²) in [5.74, 6) is 0. The van der Waals surface area contributed by atoms with Crippen LogP contribution in [0.3, 0.4) is 0 Å². The van der Waals surface area contributed by atoms with Crippen molar-refractivity contribution in [2.24, 2.45) is 0 Å². The minimum Gasteiger partial charge on any atom is -0.312 e. The van der Waals surface area contributed by atoms with Crippen molar-refractivity contribution in [3.05, 3.63) is 16.5 Å². The van der Waals surface area contributed by atoms with Gasteiger partial charge in [0, 0.05) is 23.2 Å². The van der Waals surface area contributed by atoms with Crippen molar-refractivity contribution >= 4 is 33.1 Å². The van der Waals surface area contributed by atoms with Crippen LogP contribution < -0.4 is 10.0 Å². The number of rotatable bonds is 9. The van der Waals surface area contributed by atoms with Crippen LogP contribution in [0.2, 0.25) is 0 Å². The number of thioether (sulfide) groups is 1. The summed E-state index contributed by atoms with van der Waals surface area (Å²) in [4.78, 5) is 1.09. The molecular weight excluding hydrogens is 312 g/mol. The first-order valence-corrected chi connectivity index (χ1v) is 10.3. The summed E-state index contributed by atoms with van der Waals surface area (Å²) in [6.45, 7) is 8.23. The maximum Gasteiger partial charge on any atom is 0.250 e. The van der Waals surface area contributed by atoms with E-state index < -0.39 is 10.0 Å². The second-order valence-corrected chi connectivity index (χ2v) is 9.15. The van der Waals surface area contributed by atoms with E-state index in [1.54, 1.807) is 17.8 Å². The Hall–Kier alpha value is -0.0800. The highest BCUT2D eigenvalue weighted by Gasteiger charge is 2.19. The van der Waals surface area contributed by atoms with E-state index in [2.05, 4.69) is 17.0 Å². The Kier molecular flexibility index (Phi) is 7.53. The summed E-state index contributed by atoms with van der Waals surface area (Å²) in [5, 5.41) is 3.58. The lowest BCUT2D eigenvalue weighted by Crippen LogP contribution is -2.28. The van der Waals surface area contributed by atoms with Crippen molar-refractivity contribution in [2.75, 3.05) is 19.3 Å². The maximum atomic E-state index is 12.2. The van der Waals surface area contributed by atoms with Gasteiger partial charge in [-0.25, -0.2) is 13.1 Å². The molecule has 0 radical (unpaired) electrons. The third-order valence-electron chi connectivity index (χ3n) is 2.94. The van der Waals surface area contributed by atoms with E-state index in [0.717, 1.165) is 30.0 Å². The van der Waals surface area contributed by atoms with E-state index in [1.165, 1.54) is 11.3 Å². The van der Waals surface area contributed by atoms with Crippen LogP contribution in [-0.4, -0.2) is 33.0 Å². The largest absolute Gasteiger partial charge is 0.312 e. The van der Waals surface area contributed by atoms with E-state index in [4.69, 9.17) is 0 Å². The van der Waals surface area contributed by atoms with Gasteiger partial charge >= 0.3 is 0 Å². The van der Waals surface area contributed by atoms with Gasteiger partial charge in [-0.2, -0.15) is 11.8 Å². The molecule has 2 N–H and O–H groups in total. The lowest BCUT2D eigenvalue weighted by molar-refractivity contribution is 0.583. The van der Waals surface area contributed by atoms with Crippen molar-refractivity contribution in [3.8, 4) is 0 Å². The predicted octanol–water partition coefficient (Wildman–Crippen LogP) is 2.59. The van der Waals surface area contributed by atoms with Crippen LogP contribution >= 0.6 is 23.1 Å². The summed E-state index contributed by atoms with van der Waals surface area (Å²) < 4.78 is 27.5. The second kappa shape index (κ2) is 8.38. The molecule has 0 aliphatic heterocycles. The molecule has 0 bridgehead atoms. The normalized spacial score (nSPS) is 13.6. The highest BCUT2D eigenvalue weighted by molar-refractivity contribution is 7.99.